The molecule has 0 bridgehead atoms. The molecular weight excluding hydrogens is 289 g/mol. The number of nitrogens with one attached hydrogen (secondary N) is 1. The quantitative estimate of drug-likeness (QED) is 0.665. The largest absolute Gasteiger partial charge is 0.352 e. The lowest BCUT2D eigenvalue weighted by Gasteiger charge is -2.06. The van der Waals surface area contributed by atoms with E-state index >= 15 is 0 Å². The first-order valence-corrected chi connectivity index (χ1v) is 6.16. The minimum absolute atomic E-state index is 0.0139. The van der Waals surface area contributed by atoms with E-state index in [0.29, 0.717) is 5.52 Å². The van der Waals surface area contributed by atoms with E-state index in [0.717, 1.165) is 0 Å². The van der Waals surface area contributed by atoms with Crippen molar-refractivity contribution < 1.29 is 13.2 Å². The Kier molecular flexibility index (Phi) is 3.14. The second-order valence-corrected chi connectivity index (χ2v) is 4.64. The third-order valence-electron chi connectivity index (χ3n) is 3.05. The van der Waals surface area contributed by atoms with Crippen LogP contribution >= 0.6 is 11.6 Å². The van der Waals surface area contributed by atoms with Crippen LogP contribution in [0, 0.1) is 5.82 Å². The Morgan fingerprint density at radius 3 is 2.70 bits per heavy atom. The predicted octanol–water partition coefficient (Wildman–Crippen LogP) is 4.96. The molecule has 1 aromatic carbocycles. The molecule has 102 valence electrons. The number of rotatable bonds is 2. The standard InChI is InChI=1S/C14H8ClF3N2/c15-11-5-10-9(6-19-11)12(16)13(20-10)7-3-1-2-4-8(7)14(17)18/h1-6,14,20H. The summed E-state index contributed by atoms with van der Waals surface area (Å²) in [6.45, 7) is 0. The molecule has 0 atom stereocenters. The third-order valence-corrected chi connectivity index (χ3v) is 3.26. The maximum absolute atomic E-state index is 14.3. The van der Waals surface area contributed by atoms with Crippen LogP contribution in [-0.2, 0) is 0 Å². The highest BCUT2D eigenvalue weighted by Gasteiger charge is 2.19. The van der Waals surface area contributed by atoms with Crippen LogP contribution in [0.1, 0.15) is 12.0 Å². The number of benzene rings is 1. The summed E-state index contributed by atoms with van der Waals surface area (Å²) in [4.78, 5) is 6.57. The van der Waals surface area contributed by atoms with Gasteiger partial charge >= 0.3 is 0 Å². The second kappa shape index (κ2) is 4.83. The fraction of sp³-hybridized carbons (Fsp3) is 0.0714. The van der Waals surface area contributed by atoms with Crippen LogP contribution < -0.4 is 0 Å². The third kappa shape index (κ3) is 2.04. The zero-order valence-corrected chi connectivity index (χ0v) is 10.8. The number of nitrogens with zero attached hydrogens (tertiary/aromatic N) is 1. The van der Waals surface area contributed by atoms with E-state index in [1.54, 1.807) is 6.07 Å². The van der Waals surface area contributed by atoms with Gasteiger partial charge in [0.05, 0.1) is 16.6 Å². The number of alkyl halides is 2. The van der Waals surface area contributed by atoms with Crippen LogP contribution in [0.5, 0.6) is 0 Å². The highest BCUT2D eigenvalue weighted by atomic mass is 35.5. The number of H-pyrrole nitrogens is 1. The molecule has 6 heteroatoms. The molecule has 0 fully saturated rings. The molecule has 0 aliphatic heterocycles. The fourth-order valence-corrected chi connectivity index (χ4v) is 2.29. The molecule has 0 aliphatic rings. The molecular formula is C14H8ClF3N2. The van der Waals surface area contributed by atoms with Crippen molar-refractivity contribution in [2.75, 3.05) is 0 Å². The number of halogens is 4. The van der Waals surface area contributed by atoms with Crippen LogP contribution in [0.4, 0.5) is 13.2 Å². The van der Waals surface area contributed by atoms with Crippen LogP contribution in [0.25, 0.3) is 22.2 Å². The normalized spacial score (nSPS) is 11.4. The summed E-state index contributed by atoms with van der Waals surface area (Å²) in [5.41, 5.74) is 0.339. The van der Waals surface area contributed by atoms with E-state index in [-0.39, 0.29) is 27.4 Å². The van der Waals surface area contributed by atoms with Crippen molar-refractivity contribution in [1.29, 1.82) is 0 Å². The number of aromatic nitrogens is 2. The highest BCUT2D eigenvalue weighted by Crippen LogP contribution is 2.35. The lowest BCUT2D eigenvalue weighted by molar-refractivity contribution is 0.152. The summed E-state index contributed by atoms with van der Waals surface area (Å²) in [6, 6.07) is 7.25. The first-order chi connectivity index (χ1) is 9.58. The summed E-state index contributed by atoms with van der Waals surface area (Å²) in [7, 11) is 0. The van der Waals surface area contributed by atoms with Gasteiger partial charge in [0.1, 0.15) is 5.15 Å². The Labute approximate surface area is 117 Å². The van der Waals surface area contributed by atoms with E-state index in [2.05, 4.69) is 9.97 Å². The molecule has 2 heterocycles. The summed E-state index contributed by atoms with van der Waals surface area (Å²) >= 11 is 5.73. The van der Waals surface area contributed by atoms with Gasteiger partial charge in [0.15, 0.2) is 5.82 Å². The van der Waals surface area contributed by atoms with E-state index in [1.807, 2.05) is 0 Å². The molecule has 3 aromatic rings. The summed E-state index contributed by atoms with van der Waals surface area (Å²) < 4.78 is 40.3. The topological polar surface area (TPSA) is 28.7 Å². The molecule has 20 heavy (non-hydrogen) atoms. The van der Waals surface area contributed by atoms with Gasteiger partial charge in [0.2, 0.25) is 0 Å². The number of hydrogen-bond acceptors (Lipinski definition) is 1. The van der Waals surface area contributed by atoms with Gasteiger partial charge in [-0.1, -0.05) is 35.9 Å². The van der Waals surface area contributed by atoms with E-state index < -0.39 is 12.2 Å². The Morgan fingerprint density at radius 2 is 1.95 bits per heavy atom. The Hall–Kier alpha value is -2.01. The minimum Gasteiger partial charge on any atom is -0.352 e. The molecule has 0 amide bonds. The van der Waals surface area contributed by atoms with Crippen LogP contribution in [0.15, 0.2) is 36.5 Å². The van der Waals surface area contributed by atoms with Crippen molar-refractivity contribution in [3.63, 3.8) is 0 Å². The monoisotopic (exact) mass is 296 g/mol. The number of aromatic amines is 1. The smallest absolute Gasteiger partial charge is 0.264 e. The Morgan fingerprint density at radius 1 is 1.20 bits per heavy atom. The summed E-state index contributed by atoms with van der Waals surface area (Å²) in [6.07, 6.45) is -1.41. The van der Waals surface area contributed by atoms with Crippen molar-refractivity contribution in [3.8, 4) is 11.3 Å². The van der Waals surface area contributed by atoms with Gasteiger partial charge in [-0.3, -0.25) is 0 Å². The van der Waals surface area contributed by atoms with Crippen molar-refractivity contribution in [3.05, 3.63) is 53.1 Å². The lowest BCUT2D eigenvalue weighted by Crippen LogP contribution is -1.91. The molecule has 0 radical (unpaired) electrons. The molecule has 0 unspecified atom stereocenters. The van der Waals surface area contributed by atoms with Gasteiger partial charge < -0.3 is 4.98 Å². The van der Waals surface area contributed by atoms with Gasteiger partial charge in [-0.15, -0.1) is 0 Å². The zero-order valence-electron chi connectivity index (χ0n) is 10.0. The van der Waals surface area contributed by atoms with Gasteiger partial charge in [-0.25, -0.2) is 18.2 Å². The highest BCUT2D eigenvalue weighted by molar-refractivity contribution is 6.30. The minimum atomic E-state index is -2.68. The molecule has 3 rings (SSSR count). The van der Waals surface area contributed by atoms with Crippen molar-refractivity contribution in [1.82, 2.24) is 9.97 Å². The predicted molar refractivity (Wildman–Crippen MR) is 71.5 cm³/mol. The SMILES string of the molecule is Fc1c(-c2ccccc2C(F)F)[nH]c2cc(Cl)ncc12. The first-order valence-electron chi connectivity index (χ1n) is 5.78. The maximum atomic E-state index is 14.3. The number of fused-ring (bicyclic) bond motifs is 1. The molecule has 0 saturated heterocycles. The van der Waals surface area contributed by atoms with Gasteiger partial charge in [-0.2, -0.15) is 0 Å². The van der Waals surface area contributed by atoms with Crippen LogP contribution in [0.2, 0.25) is 5.15 Å². The molecule has 0 spiro atoms. The average Bonchev–Trinajstić information content (AvgIpc) is 2.75. The molecule has 0 saturated carbocycles. The second-order valence-electron chi connectivity index (χ2n) is 4.25. The Balaban J connectivity index is 2.27. The van der Waals surface area contributed by atoms with Gasteiger partial charge in [0, 0.05) is 17.3 Å². The van der Waals surface area contributed by atoms with Crippen LogP contribution in [-0.4, -0.2) is 9.97 Å². The maximum Gasteiger partial charge on any atom is 0.264 e. The Bertz CT molecular complexity index is 783. The fourth-order valence-electron chi connectivity index (χ4n) is 2.13. The van der Waals surface area contributed by atoms with E-state index in [1.165, 1.54) is 30.5 Å². The lowest BCUT2D eigenvalue weighted by atomic mass is 10.0. The molecule has 2 nitrogen and oxygen atoms in total. The van der Waals surface area contributed by atoms with E-state index in [4.69, 9.17) is 11.6 Å². The molecule has 2 aromatic heterocycles. The van der Waals surface area contributed by atoms with Crippen molar-refractivity contribution in [2.24, 2.45) is 0 Å². The average molecular weight is 297 g/mol. The van der Waals surface area contributed by atoms with Crippen molar-refractivity contribution in [2.45, 2.75) is 6.43 Å². The van der Waals surface area contributed by atoms with Crippen molar-refractivity contribution >= 4 is 22.5 Å². The first kappa shape index (κ1) is 13.0. The number of hydrogen-bond donors (Lipinski definition) is 1. The van der Waals surface area contributed by atoms with Gasteiger partial charge in [-0.05, 0) is 6.07 Å². The van der Waals surface area contributed by atoms with E-state index in [9.17, 15) is 13.2 Å². The molecule has 1 N–H and O–H groups in total. The zero-order chi connectivity index (χ0) is 14.3. The summed E-state index contributed by atoms with van der Waals surface area (Å²) in [5.74, 6) is -0.614. The molecule has 0 aliphatic carbocycles. The summed E-state index contributed by atoms with van der Waals surface area (Å²) in [5, 5.41) is 0.418. The van der Waals surface area contributed by atoms with Gasteiger partial charge in [0.25, 0.3) is 6.43 Å². The van der Waals surface area contributed by atoms with Crippen LogP contribution in [0.3, 0.4) is 0 Å². The number of pyridine rings is 1.